The number of benzene rings is 3. The molecule has 0 fully saturated rings. The van der Waals surface area contributed by atoms with Crippen molar-refractivity contribution in [2.75, 3.05) is 6.61 Å². The van der Waals surface area contributed by atoms with Crippen LogP contribution in [0.15, 0.2) is 77.9 Å². The maximum atomic E-state index is 13.0. The zero-order valence-corrected chi connectivity index (χ0v) is 22.8. The zero-order chi connectivity index (χ0) is 27.3. The second kappa shape index (κ2) is 15.0. The molecule has 3 rings (SSSR count). The van der Waals surface area contributed by atoms with E-state index in [2.05, 4.69) is 22.8 Å². The summed E-state index contributed by atoms with van der Waals surface area (Å²) in [7, 11) is 0. The zero-order valence-electron chi connectivity index (χ0n) is 21.3. The van der Waals surface area contributed by atoms with E-state index in [1.807, 2.05) is 54.6 Å². The molecule has 0 saturated heterocycles. The van der Waals surface area contributed by atoms with Gasteiger partial charge in [-0.2, -0.15) is 5.10 Å². The van der Waals surface area contributed by atoms with Gasteiger partial charge in [0.05, 0.1) is 17.8 Å². The minimum Gasteiger partial charge on any atom is -0.494 e. The molecule has 38 heavy (non-hydrogen) atoms. The topological polar surface area (TPSA) is 89.0 Å². The third-order valence-electron chi connectivity index (χ3n) is 5.50. The first kappa shape index (κ1) is 29.0. The maximum Gasteiger partial charge on any atom is 0.262 e. The molecule has 3 aromatic rings. The van der Waals surface area contributed by atoms with Crippen LogP contribution >= 0.6 is 23.2 Å². The predicted octanol–water partition coefficient (Wildman–Crippen LogP) is 5.82. The van der Waals surface area contributed by atoms with Gasteiger partial charge in [-0.15, -0.1) is 0 Å². The Morgan fingerprint density at radius 2 is 1.79 bits per heavy atom. The second-order valence-corrected chi connectivity index (χ2v) is 9.44. The minimum atomic E-state index is -0.918. The molecule has 0 saturated carbocycles. The van der Waals surface area contributed by atoms with Crippen LogP contribution in [0.5, 0.6) is 11.5 Å². The summed E-state index contributed by atoms with van der Waals surface area (Å²) < 4.78 is 11.4. The maximum absolute atomic E-state index is 13.0. The lowest BCUT2D eigenvalue weighted by Gasteiger charge is -2.21. The van der Waals surface area contributed by atoms with Crippen molar-refractivity contribution in [1.82, 2.24) is 10.7 Å². The van der Waals surface area contributed by atoms with Crippen molar-refractivity contribution in [1.29, 1.82) is 0 Å². The molecule has 3 aromatic carbocycles. The van der Waals surface area contributed by atoms with E-state index in [1.54, 1.807) is 19.1 Å². The highest BCUT2D eigenvalue weighted by atomic mass is 35.5. The van der Waals surface area contributed by atoms with Gasteiger partial charge in [0.15, 0.2) is 6.10 Å². The number of nitrogens with zero attached hydrogens (tertiary/aromatic N) is 1. The highest BCUT2D eigenvalue weighted by Crippen LogP contribution is 2.28. The molecule has 0 aliphatic rings. The Balaban J connectivity index is 1.65. The molecule has 0 radical (unpaired) electrons. The monoisotopic (exact) mass is 555 g/mol. The third kappa shape index (κ3) is 9.39. The number of hydrogen-bond acceptors (Lipinski definition) is 5. The number of rotatable bonds is 13. The first-order valence-corrected chi connectivity index (χ1v) is 13.1. The molecule has 9 heteroatoms. The number of unbranched alkanes of at least 4 members (excludes halogenated alkanes) is 1. The van der Waals surface area contributed by atoms with Gasteiger partial charge >= 0.3 is 0 Å². The van der Waals surface area contributed by atoms with Gasteiger partial charge in [0.25, 0.3) is 11.8 Å². The molecule has 2 atom stereocenters. The minimum absolute atomic E-state index is 0.267. The number of nitrogens with one attached hydrogen (secondary N) is 2. The van der Waals surface area contributed by atoms with Gasteiger partial charge in [0.2, 0.25) is 0 Å². The molecule has 2 N–H and O–H groups in total. The van der Waals surface area contributed by atoms with E-state index in [1.165, 1.54) is 12.3 Å². The van der Waals surface area contributed by atoms with E-state index in [-0.39, 0.29) is 11.4 Å². The van der Waals surface area contributed by atoms with Crippen LogP contribution in [0.2, 0.25) is 10.0 Å². The van der Waals surface area contributed by atoms with Crippen LogP contribution in [0, 0.1) is 0 Å². The SMILES string of the molecule is CCCCOc1cccc(/C=N\NC(=O)[C@H](Cc2ccccc2)NC(=O)[C@H](C)Oc2ccc(Cl)cc2Cl)c1. The van der Waals surface area contributed by atoms with Crippen LogP contribution in [-0.2, 0) is 16.0 Å². The summed E-state index contributed by atoms with van der Waals surface area (Å²) in [5.41, 5.74) is 4.18. The van der Waals surface area contributed by atoms with Crippen LogP contribution in [0.4, 0.5) is 0 Å². The summed E-state index contributed by atoms with van der Waals surface area (Å²) in [4.78, 5) is 26.0. The summed E-state index contributed by atoms with van der Waals surface area (Å²) in [5.74, 6) is 0.101. The molecule has 0 bridgehead atoms. The summed E-state index contributed by atoms with van der Waals surface area (Å²) in [6.07, 6.45) is 2.90. The van der Waals surface area contributed by atoms with Crippen molar-refractivity contribution in [2.45, 2.75) is 45.3 Å². The number of halogens is 2. The number of carbonyl (C=O) groups excluding carboxylic acids is 2. The number of hydrazone groups is 1. The van der Waals surface area contributed by atoms with Gasteiger partial charge in [-0.1, -0.05) is 79.0 Å². The van der Waals surface area contributed by atoms with Gasteiger partial charge in [-0.25, -0.2) is 5.43 Å². The summed E-state index contributed by atoms with van der Waals surface area (Å²) in [6.45, 7) is 4.32. The van der Waals surface area contributed by atoms with Crippen molar-refractivity contribution >= 4 is 41.2 Å². The van der Waals surface area contributed by atoms with E-state index < -0.39 is 24.0 Å². The fourth-order valence-corrected chi connectivity index (χ4v) is 3.88. The van der Waals surface area contributed by atoms with Crippen molar-refractivity contribution in [3.05, 3.63) is 94.0 Å². The van der Waals surface area contributed by atoms with E-state index in [4.69, 9.17) is 32.7 Å². The summed E-state index contributed by atoms with van der Waals surface area (Å²) >= 11 is 12.1. The normalized spacial score (nSPS) is 12.5. The van der Waals surface area contributed by atoms with Gasteiger partial charge in [-0.05, 0) is 54.8 Å². The van der Waals surface area contributed by atoms with E-state index >= 15 is 0 Å². The smallest absolute Gasteiger partial charge is 0.262 e. The molecule has 200 valence electrons. The first-order chi connectivity index (χ1) is 18.4. The Hall–Kier alpha value is -3.55. The second-order valence-electron chi connectivity index (χ2n) is 8.59. The fraction of sp³-hybridized carbons (Fsp3) is 0.276. The van der Waals surface area contributed by atoms with Gasteiger partial charge in [0, 0.05) is 11.4 Å². The fourth-order valence-electron chi connectivity index (χ4n) is 3.43. The third-order valence-corrected chi connectivity index (χ3v) is 6.03. The molecule has 7 nitrogen and oxygen atoms in total. The highest BCUT2D eigenvalue weighted by molar-refractivity contribution is 6.35. The average Bonchev–Trinajstić information content (AvgIpc) is 2.90. The lowest BCUT2D eigenvalue weighted by molar-refractivity contribution is -0.132. The Kier molecular flexibility index (Phi) is 11.5. The Morgan fingerprint density at radius 1 is 1.00 bits per heavy atom. The molecule has 0 aliphatic carbocycles. The van der Waals surface area contributed by atoms with Crippen molar-refractivity contribution in [2.24, 2.45) is 5.10 Å². The van der Waals surface area contributed by atoms with E-state index in [0.29, 0.717) is 17.4 Å². The molecule has 0 heterocycles. The number of amides is 2. The average molecular weight is 556 g/mol. The van der Waals surface area contributed by atoms with Crippen molar-refractivity contribution < 1.29 is 19.1 Å². The number of ether oxygens (including phenoxy) is 2. The first-order valence-electron chi connectivity index (χ1n) is 12.4. The summed E-state index contributed by atoms with van der Waals surface area (Å²) in [5, 5.41) is 7.59. The standard InChI is InChI=1S/C29H31Cl2N3O4/c1-3-4-15-37-24-12-8-11-22(16-24)19-32-34-29(36)26(17-21-9-6-5-7-10-21)33-28(35)20(2)38-27-14-13-23(30)18-25(27)31/h5-14,16,18-20,26H,3-4,15,17H2,1-2H3,(H,33,35)(H,34,36)/b32-19-/t20-,26-/m0/s1. The quantitative estimate of drug-likeness (QED) is 0.158. The van der Waals surface area contributed by atoms with Crippen LogP contribution < -0.4 is 20.2 Å². The predicted molar refractivity (Wildman–Crippen MR) is 151 cm³/mol. The van der Waals surface area contributed by atoms with Crippen LogP contribution in [-0.4, -0.2) is 36.8 Å². The molecule has 2 amide bonds. The molecule has 0 spiro atoms. The Labute approximate surface area is 233 Å². The number of carbonyl (C=O) groups is 2. The lowest BCUT2D eigenvalue weighted by Crippen LogP contribution is -2.50. The van der Waals surface area contributed by atoms with Gasteiger partial charge in [-0.3, -0.25) is 9.59 Å². The van der Waals surface area contributed by atoms with E-state index in [0.717, 1.165) is 29.7 Å². The van der Waals surface area contributed by atoms with Crippen molar-refractivity contribution in [3.8, 4) is 11.5 Å². The molecular formula is C29H31Cl2N3O4. The van der Waals surface area contributed by atoms with Crippen molar-refractivity contribution in [3.63, 3.8) is 0 Å². The lowest BCUT2D eigenvalue weighted by atomic mass is 10.1. The molecular weight excluding hydrogens is 525 g/mol. The molecule has 0 unspecified atom stereocenters. The Morgan fingerprint density at radius 3 is 2.53 bits per heavy atom. The highest BCUT2D eigenvalue weighted by Gasteiger charge is 2.25. The van der Waals surface area contributed by atoms with Gasteiger partial charge in [0.1, 0.15) is 17.5 Å². The molecule has 0 aliphatic heterocycles. The Bertz CT molecular complexity index is 1240. The van der Waals surface area contributed by atoms with Crippen LogP contribution in [0.25, 0.3) is 0 Å². The van der Waals surface area contributed by atoms with Gasteiger partial charge < -0.3 is 14.8 Å². The summed E-state index contributed by atoms with van der Waals surface area (Å²) in [6, 6.07) is 20.6. The number of hydrogen-bond donors (Lipinski definition) is 2. The van der Waals surface area contributed by atoms with Crippen LogP contribution in [0.3, 0.4) is 0 Å². The van der Waals surface area contributed by atoms with Crippen LogP contribution in [0.1, 0.15) is 37.8 Å². The largest absolute Gasteiger partial charge is 0.494 e. The van der Waals surface area contributed by atoms with E-state index in [9.17, 15) is 9.59 Å². The molecule has 0 aromatic heterocycles.